The van der Waals surface area contributed by atoms with Crippen molar-refractivity contribution in [2.75, 3.05) is 0 Å². The summed E-state index contributed by atoms with van der Waals surface area (Å²) in [6.07, 6.45) is 2.43. The van der Waals surface area contributed by atoms with Gasteiger partial charge in [0.2, 0.25) is 5.69 Å². The molecule has 3 atom stereocenters. The number of benzene rings is 7. The van der Waals surface area contributed by atoms with E-state index in [-0.39, 0.29) is 12.0 Å². The van der Waals surface area contributed by atoms with Gasteiger partial charge in [-0.25, -0.2) is 13.3 Å². The van der Waals surface area contributed by atoms with Crippen molar-refractivity contribution in [2.24, 2.45) is 0 Å². The van der Waals surface area contributed by atoms with Crippen LogP contribution >= 0.6 is 11.3 Å². The van der Waals surface area contributed by atoms with Crippen LogP contribution < -0.4 is 14.3 Å². The highest BCUT2D eigenvalue weighted by molar-refractivity contribution is 7.25. The molecule has 11 aromatic rings. The molecule has 0 amide bonds. The number of aromatic nitrogens is 3. The number of halogens is 2. The van der Waals surface area contributed by atoms with Gasteiger partial charge in [-0.3, -0.25) is 0 Å². The summed E-state index contributed by atoms with van der Waals surface area (Å²) < 4.78 is 46.3. The zero-order valence-corrected chi connectivity index (χ0v) is 37.1. The number of rotatable bonds is 3. The third-order valence-electron chi connectivity index (χ3n) is 14.6. The molecule has 14 rings (SSSR count). The lowest BCUT2D eigenvalue weighted by Gasteiger charge is -2.52. The zero-order chi connectivity index (χ0) is 43.0. The maximum absolute atomic E-state index is 14.6. The molecule has 4 nitrogen and oxygen atoms in total. The van der Waals surface area contributed by atoms with Gasteiger partial charge in [0.1, 0.15) is 34.4 Å². The van der Waals surface area contributed by atoms with E-state index in [2.05, 4.69) is 155 Å². The Morgan fingerprint density at radius 3 is 2.34 bits per heavy atom. The van der Waals surface area contributed by atoms with Crippen molar-refractivity contribution in [1.82, 2.24) is 4.57 Å². The van der Waals surface area contributed by atoms with Gasteiger partial charge in [-0.05, 0) is 89.5 Å². The molecular formula is C56H39F2N3OSSi+2. The molecule has 6 heterocycles. The minimum atomic E-state index is -1.68. The lowest BCUT2D eigenvalue weighted by Crippen LogP contribution is -2.74. The van der Waals surface area contributed by atoms with Crippen molar-refractivity contribution in [1.29, 1.82) is 0 Å². The number of fused-ring (bicyclic) bond motifs is 21. The van der Waals surface area contributed by atoms with Gasteiger partial charge in [0.15, 0.2) is 34.4 Å². The molecular weight excluding hydrogens is 829 g/mol. The molecule has 1 spiro atoms. The number of nitrogens with zero attached hydrogens (tertiary/aromatic N) is 3. The molecule has 1 fully saturated rings. The van der Waals surface area contributed by atoms with E-state index in [1.807, 2.05) is 29.5 Å². The van der Waals surface area contributed by atoms with Gasteiger partial charge in [0.05, 0.1) is 13.6 Å². The Balaban J connectivity index is 1.10. The monoisotopic (exact) mass is 867 g/mol. The van der Waals surface area contributed by atoms with Crippen LogP contribution in [0, 0.1) is 11.6 Å². The van der Waals surface area contributed by atoms with Gasteiger partial charge in [-0.1, -0.05) is 93.0 Å². The van der Waals surface area contributed by atoms with Gasteiger partial charge in [0.25, 0.3) is 5.82 Å². The fraction of sp³-hybridized carbons (Fsp3) is 0.107. The standard InChI is InChI=1S/C56H39F2N3OSSi/c1-31-53-52(40-13-6-5-11-38(40)45-22-19-37(30-59(45)53)64(2,3)4)56(31)44-21-20-41-42-27-32(33-25-34(57)28-35(58)26-33)17-23-48(42)62-54(41)51(44)55-60(46-14-8-9-15-47(46)61(55)56)36-18-24-50-43(29-36)39-12-7-10-16-49(39)63-50/h5-30,52-53H,1H2,2-4H3/q+2. The van der Waals surface area contributed by atoms with E-state index in [1.54, 1.807) is 0 Å². The van der Waals surface area contributed by atoms with Crippen molar-refractivity contribution >= 4 is 77.7 Å². The molecule has 1 aliphatic carbocycles. The van der Waals surface area contributed by atoms with Crippen LogP contribution in [0.3, 0.4) is 0 Å². The minimum Gasteiger partial charge on any atom is -0.455 e. The molecule has 2 aliphatic heterocycles. The van der Waals surface area contributed by atoms with Gasteiger partial charge in [-0.15, -0.1) is 11.3 Å². The number of imidazole rings is 1. The highest BCUT2D eigenvalue weighted by Crippen LogP contribution is 2.67. The summed E-state index contributed by atoms with van der Waals surface area (Å²) in [6.45, 7) is 12.4. The predicted octanol–water partition coefficient (Wildman–Crippen LogP) is 13.3. The van der Waals surface area contributed by atoms with Gasteiger partial charge in [0, 0.05) is 59.4 Å². The molecule has 0 radical (unpaired) electrons. The van der Waals surface area contributed by atoms with Crippen LogP contribution in [0.5, 0.6) is 0 Å². The summed E-state index contributed by atoms with van der Waals surface area (Å²) >= 11 is 1.82. The Morgan fingerprint density at radius 1 is 0.703 bits per heavy atom. The SMILES string of the molecule is C=C1C2C(c3ccccc3-c3ccc([Si](C)(C)C)c[n+]32)C12c1ccc3c(oc4ccc(-c5cc(F)cc(F)c5)cc43)c1-c1n(-c3ccc4sc5ccccc5c4c3)c3ccccc3[n+]12. The maximum Gasteiger partial charge on any atom is 0.300 e. The Kier molecular flexibility index (Phi) is 7.05. The van der Waals surface area contributed by atoms with Gasteiger partial charge in [-0.2, -0.15) is 9.13 Å². The lowest BCUT2D eigenvalue weighted by molar-refractivity contribution is -0.780. The topological polar surface area (TPSA) is 25.8 Å². The molecule has 0 saturated heterocycles. The molecule has 0 N–H and O–H groups in total. The Bertz CT molecular complexity index is 3910. The molecule has 4 aromatic heterocycles. The predicted molar refractivity (Wildman–Crippen MR) is 257 cm³/mol. The fourth-order valence-electron chi connectivity index (χ4n) is 11.8. The Labute approximate surface area is 372 Å². The molecule has 0 bridgehead atoms. The average Bonchev–Trinajstić information content (AvgIpc) is 4.04. The number of para-hydroxylation sites is 2. The molecule has 64 heavy (non-hydrogen) atoms. The summed E-state index contributed by atoms with van der Waals surface area (Å²) in [5, 5.41) is 5.72. The first-order valence-corrected chi connectivity index (χ1v) is 26.2. The van der Waals surface area contributed by atoms with Crippen molar-refractivity contribution in [3.8, 4) is 39.5 Å². The first kappa shape index (κ1) is 36.5. The normalized spacial score (nSPS) is 18.5. The van der Waals surface area contributed by atoms with Crippen LogP contribution in [0.2, 0.25) is 19.6 Å². The average molecular weight is 868 g/mol. The summed E-state index contributed by atoms with van der Waals surface area (Å²) in [4.78, 5) is 0. The Hall–Kier alpha value is -7.00. The first-order valence-electron chi connectivity index (χ1n) is 21.9. The van der Waals surface area contributed by atoms with Crippen LogP contribution in [0.4, 0.5) is 8.78 Å². The van der Waals surface area contributed by atoms with Crippen molar-refractivity contribution in [3.05, 3.63) is 193 Å². The van der Waals surface area contributed by atoms with Crippen LogP contribution in [0.25, 0.3) is 92.6 Å². The summed E-state index contributed by atoms with van der Waals surface area (Å²) in [5.41, 5.74) is 12.4. The van der Waals surface area contributed by atoms with E-state index in [1.165, 1.54) is 54.3 Å². The third kappa shape index (κ3) is 4.54. The molecule has 3 aliphatic rings. The second-order valence-electron chi connectivity index (χ2n) is 18.9. The Morgan fingerprint density at radius 2 is 1.48 bits per heavy atom. The first-order chi connectivity index (χ1) is 31.1. The number of pyridine rings is 1. The van der Waals surface area contributed by atoms with Crippen LogP contribution in [-0.4, -0.2) is 12.6 Å². The molecule has 1 saturated carbocycles. The molecule has 7 aromatic carbocycles. The van der Waals surface area contributed by atoms with E-state index in [0.29, 0.717) is 16.7 Å². The molecule has 8 heteroatoms. The highest BCUT2D eigenvalue weighted by Gasteiger charge is 2.75. The number of hydrogen-bond donors (Lipinski definition) is 0. The van der Waals surface area contributed by atoms with Crippen LogP contribution in [-0.2, 0) is 5.54 Å². The lowest BCUT2D eigenvalue weighted by atomic mass is 9.52. The summed E-state index contributed by atoms with van der Waals surface area (Å²) in [6, 6.07) is 52.0. The second kappa shape index (κ2) is 12.4. The molecule has 3 unspecified atom stereocenters. The number of hydrogen-bond acceptors (Lipinski definition) is 2. The van der Waals surface area contributed by atoms with Gasteiger partial charge >= 0.3 is 0 Å². The third-order valence-corrected chi connectivity index (χ3v) is 17.7. The van der Waals surface area contributed by atoms with Crippen molar-refractivity contribution in [2.45, 2.75) is 37.1 Å². The highest BCUT2D eigenvalue weighted by atomic mass is 32.1. The molecule has 306 valence electrons. The van der Waals surface area contributed by atoms with E-state index in [0.717, 1.165) is 61.7 Å². The van der Waals surface area contributed by atoms with E-state index < -0.39 is 25.2 Å². The smallest absolute Gasteiger partial charge is 0.300 e. The minimum absolute atomic E-state index is 0.00874. The largest absolute Gasteiger partial charge is 0.455 e. The number of thiophene rings is 1. The maximum atomic E-state index is 14.6. The number of allylic oxidation sites excluding steroid dienone is 1. The van der Waals surface area contributed by atoms with Crippen LogP contribution in [0.1, 0.15) is 23.1 Å². The zero-order valence-electron chi connectivity index (χ0n) is 35.3. The summed E-state index contributed by atoms with van der Waals surface area (Å²) in [7, 11) is -1.68. The van der Waals surface area contributed by atoms with E-state index in [4.69, 9.17) is 11.0 Å². The van der Waals surface area contributed by atoms with E-state index >= 15 is 0 Å². The van der Waals surface area contributed by atoms with Gasteiger partial charge < -0.3 is 4.42 Å². The quantitative estimate of drug-likeness (QED) is 0.0987. The van der Waals surface area contributed by atoms with Crippen LogP contribution in [0.15, 0.2) is 174 Å². The van der Waals surface area contributed by atoms with Crippen molar-refractivity contribution in [3.63, 3.8) is 0 Å². The summed E-state index contributed by atoms with van der Waals surface area (Å²) in [5.74, 6) is -0.172. The van der Waals surface area contributed by atoms with Crippen molar-refractivity contribution < 1.29 is 22.3 Å². The van der Waals surface area contributed by atoms with E-state index in [9.17, 15) is 8.78 Å². The second-order valence-corrected chi connectivity index (χ2v) is 25.0. The number of furan rings is 1. The fourth-order valence-corrected chi connectivity index (χ4v) is 14.0.